The summed E-state index contributed by atoms with van der Waals surface area (Å²) in [5.41, 5.74) is -0.00118. The summed E-state index contributed by atoms with van der Waals surface area (Å²) in [7, 11) is 0. The highest BCUT2D eigenvalue weighted by molar-refractivity contribution is 4.92. The average molecular weight is 200 g/mol. The van der Waals surface area contributed by atoms with Crippen LogP contribution in [0.4, 0.5) is 0 Å². The number of ether oxygens (including phenoxy) is 2. The van der Waals surface area contributed by atoms with Crippen molar-refractivity contribution in [3.8, 4) is 0 Å². The van der Waals surface area contributed by atoms with Gasteiger partial charge in [-0.1, -0.05) is 13.8 Å². The minimum Gasteiger partial charge on any atom is -0.396 e. The van der Waals surface area contributed by atoms with Gasteiger partial charge in [-0.2, -0.15) is 0 Å². The van der Waals surface area contributed by atoms with E-state index < -0.39 is 0 Å². The summed E-state index contributed by atoms with van der Waals surface area (Å²) in [6, 6.07) is 0. The van der Waals surface area contributed by atoms with Crippen LogP contribution in [0.1, 0.15) is 33.1 Å². The summed E-state index contributed by atoms with van der Waals surface area (Å²) in [6.07, 6.45) is 3.04. The highest BCUT2D eigenvalue weighted by atomic mass is 16.7. The van der Waals surface area contributed by atoms with Crippen LogP contribution in [-0.4, -0.2) is 30.7 Å². The molecule has 0 aromatic heterocycles. The molecule has 82 valence electrons. The van der Waals surface area contributed by atoms with E-state index >= 15 is 0 Å². The van der Waals surface area contributed by atoms with Gasteiger partial charge in [-0.05, 0) is 17.8 Å². The van der Waals surface area contributed by atoms with Crippen LogP contribution in [0.25, 0.3) is 0 Å². The molecule has 14 heavy (non-hydrogen) atoms. The maximum absolute atomic E-state index is 9.30. The van der Waals surface area contributed by atoms with Gasteiger partial charge in [0, 0.05) is 19.4 Å². The van der Waals surface area contributed by atoms with Gasteiger partial charge in [-0.3, -0.25) is 0 Å². The Balaban J connectivity index is 2.00. The molecule has 1 N–H and O–H groups in total. The molecule has 3 heteroatoms. The van der Waals surface area contributed by atoms with Crippen LogP contribution in [-0.2, 0) is 9.47 Å². The van der Waals surface area contributed by atoms with Crippen LogP contribution in [0.5, 0.6) is 0 Å². The van der Waals surface area contributed by atoms with Crippen molar-refractivity contribution in [3.05, 3.63) is 0 Å². The van der Waals surface area contributed by atoms with E-state index in [1.165, 1.54) is 0 Å². The third kappa shape index (κ3) is 1.69. The molecule has 1 spiro atoms. The van der Waals surface area contributed by atoms with Crippen LogP contribution in [0, 0.1) is 11.3 Å². The summed E-state index contributed by atoms with van der Waals surface area (Å²) in [4.78, 5) is 0. The van der Waals surface area contributed by atoms with Crippen molar-refractivity contribution in [1.82, 2.24) is 0 Å². The number of hydrogen-bond acceptors (Lipinski definition) is 3. The summed E-state index contributed by atoms with van der Waals surface area (Å²) in [6.45, 7) is 5.93. The Labute approximate surface area is 85.4 Å². The molecule has 2 fully saturated rings. The molecule has 2 aliphatic rings. The Morgan fingerprint density at radius 1 is 1.36 bits per heavy atom. The second kappa shape index (κ2) is 3.47. The summed E-state index contributed by atoms with van der Waals surface area (Å²) < 4.78 is 11.3. The predicted octanol–water partition coefficient (Wildman–Crippen LogP) is 1.55. The lowest BCUT2D eigenvalue weighted by atomic mass is 9.78. The average Bonchev–Trinajstić information content (AvgIpc) is 2.78. The Hall–Kier alpha value is -0.120. The van der Waals surface area contributed by atoms with Gasteiger partial charge >= 0.3 is 0 Å². The van der Waals surface area contributed by atoms with Gasteiger partial charge in [0.1, 0.15) is 0 Å². The van der Waals surface area contributed by atoms with E-state index in [4.69, 9.17) is 9.47 Å². The van der Waals surface area contributed by atoms with E-state index in [-0.39, 0.29) is 17.8 Å². The van der Waals surface area contributed by atoms with Gasteiger partial charge in [-0.15, -0.1) is 0 Å². The first kappa shape index (κ1) is 10.4. The normalized spacial score (nSPS) is 31.5. The molecule has 1 aliphatic carbocycles. The first-order chi connectivity index (χ1) is 6.58. The van der Waals surface area contributed by atoms with Crippen LogP contribution >= 0.6 is 0 Å². The Bertz CT molecular complexity index is 207. The second-order valence-corrected chi connectivity index (χ2v) is 5.19. The van der Waals surface area contributed by atoms with Crippen LogP contribution < -0.4 is 0 Å². The number of rotatable bonds is 2. The molecule has 1 atom stereocenters. The van der Waals surface area contributed by atoms with Gasteiger partial charge in [0.2, 0.25) is 0 Å². The molecule has 1 heterocycles. The van der Waals surface area contributed by atoms with E-state index in [2.05, 4.69) is 13.8 Å². The quantitative estimate of drug-likeness (QED) is 0.735. The van der Waals surface area contributed by atoms with Crippen LogP contribution in [0.3, 0.4) is 0 Å². The Morgan fingerprint density at radius 3 is 2.57 bits per heavy atom. The van der Waals surface area contributed by atoms with Gasteiger partial charge < -0.3 is 14.6 Å². The fourth-order valence-corrected chi connectivity index (χ4v) is 2.53. The molecule has 3 nitrogen and oxygen atoms in total. The minimum absolute atomic E-state index is 0.00118. The maximum atomic E-state index is 9.30. The maximum Gasteiger partial charge on any atom is 0.168 e. The standard InChI is InChI=1S/C11H20O3/c1-10(2,8-12)9-3-4-11(7-9)13-5-6-14-11/h9,12H,3-8H2,1-2H3. The van der Waals surface area contributed by atoms with Crippen molar-refractivity contribution >= 4 is 0 Å². The molecular weight excluding hydrogens is 180 g/mol. The lowest BCUT2D eigenvalue weighted by Gasteiger charge is -2.30. The zero-order valence-corrected chi connectivity index (χ0v) is 9.08. The molecule has 1 aliphatic heterocycles. The van der Waals surface area contributed by atoms with E-state index in [9.17, 15) is 5.11 Å². The molecule has 0 aromatic carbocycles. The molecule has 0 aromatic rings. The number of aliphatic hydroxyl groups excluding tert-OH is 1. The van der Waals surface area contributed by atoms with E-state index in [1.54, 1.807) is 0 Å². The zero-order chi connectivity index (χ0) is 10.2. The van der Waals surface area contributed by atoms with E-state index in [0.29, 0.717) is 5.92 Å². The second-order valence-electron chi connectivity index (χ2n) is 5.19. The Kier molecular flexibility index (Phi) is 2.58. The van der Waals surface area contributed by atoms with E-state index in [0.717, 1.165) is 32.5 Å². The Morgan fingerprint density at radius 2 is 2.00 bits per heavy atom. The fraction of sp³-hybridized carbons (Fsp3) is 1.00. The number of hydrogen-bond donors (Lipinski definition) is 1. The van der Waals surface area contributed by atoms with Crippen molar-refractivity contribution in [3.63, 3.8) is 0 Å². The predicted molar refractivity (Wildman–Crippen MR) is 52.8 cm³/mol. The zero-order valence-electron chi connectivity index (χ0n) is 9.08. The SMILES string of the molecule is CC(C)(CO)C1CCC2(C1)OCCO2. The number of aliphatic hydroxyl groups is 1. The smallest absolute Gasteiger partial charge is 0.168 e. The molecule has 2 rings (SSSR count). The third-order valence-electron chi connectivity index (χ3n) is 3.76. The lowest BCUT2D eigenvalue weighted by molar-refractivity contribution is -0.155. The molecule has 0 radical (unpaired) electrons. The fourth-order valence-electron chi connectivity index (χ4n) is 2.53. The molecule has 1 saturated heterocycles. The molecule has 1 saturated carbocycles. The highest BCUT2D eigenvalue weighted by Gasteiger charge is 2.48. The summed E-state index contributed by atoms with van der Waals surface area (Å²) >= 11 is 0. The van der Waals surface area contributed by atoms with Gasteiger partial charge in [-0.25, -0.2) is 0 Å². The first-order valence-electron chi connectivity index (χ1n) is 5.47. The summed E-state index contributed by atoms with van der Waals surface area (Å²) in [5, 5.41) is 9.30. The van der Waals surface area contributed by atoms with Gasteiger partial charge in [0.05, 0.1) is 13.2 Å². The third-order valence-corrected chi connectivity index (χ3v) is 3.76. The van der Waals surface area contributed by atoms with Crippen molar-refractivity contribution in [2.45, 2.75) is 38.9 Å². The monoisotopic (exact) mass is 200 g/mol. The molecule has 1 unspecified atom stereocenters. The molecule has 0 bridgehead atoms. The largest absolute Gasteiger partial charge is 0.396 e. The van der Waals surface area contributed by atoms with Gasteiger partial charge in [0.15, 0.2) is 5.79 Å². The van der Waals surface area contributed by atoms with Crippen molar-refractivity contribution in [2.75, 3.05) is 19.8 Å². The van der Waals surface area contributed by atoms with E-state index in [1.807, 2.05) is 0 Å². The summed E-state index contributed by atoms with van der Waals surface area (Å²) in [5.74, 6) is 0.225. The van der Waals surface area contributed by atoms with Gasteiger partial charge in [0.25, 0.3) is 0 Å². The molecular formula is C11H20O3. The first-order valence-corrected chi connectivity index (χ1v) is 5.47. The lowest BCUT2D eigenvalue weighted by Crippen LogP contribution is -2.31. The highest BCUT2D eigenvalue weighted by Crippen LogP contribution is 2.47. The van der Waals surface area contributed by atoms with Crippen LogP contribution in [0.2, 0.25) is 0 Å². The molecule has 0 amide bonds. The van der Waals surface area contributed by atoms with Crippen LogP contribution in [0.15, 0.2) is 0 Å². The van der Waals surface area contributed by atoms with Crippen molar-refractivity contribution in [1.29, 1.82) is 0 Å². The van der Waals surface area contributed by atoms with Crippen molar-refractivity contribution in [2.24, 2.45) is 11.3 Å². The minimum atomic E-state index is -0.295. The van der Waals surface area contributed by atoms with Crippen molar-refractivity contribution < 1.29 is 14.6 Å². The topological polar surface area (TPSA) is 38.7 Å².